The van der Waals surface area contributed by atoms with Gasteiger partial charge in [0.25, 0.3) is 0 Å². The standard InChI is InChI=1S/C15H13NO/c1-2-12-7-9-13(10-8-12)14-5-3-4-6-15(14)16-11-17/h3-10H,2H2,1H3. The molecule has 0 fully saturated rings. The molecular formula is C15H13NO. The van der Waals surface area contributed by atoms with Crippen LogP contribution in [0.2, 0.25) is 0 Å². The maximum atomic E-state index is 10.4. The number of isocyanates is 1. The summed E-state index contributed by atoms with van der Waals surface area (Å²) in [6, 6.07) is 15.9. The molecule has 0 saturated heterocycles. The molecule has 2 rings (SSSR count). The number of nitrogens with zero attached hydrogens (tertiary/aromatic N) is 1. The normalized spacial score (nSPS) is 9.71. The average molecular weight is 223 g/mol. The first kappa shape index (κ1) is 11.3. The van der Waals surface area contributed by atoms with E-state index in [2.05, 4.69) is 36.2 Å². The van der Waals surface area contributed by atoms with Gasteiger partial charge < -0.3 is 0 Å². The Hall–Kier alpha value is -2.18. The molecule has 0 atom stereocenters. The number of para-hydroxylation sites is 1. The van der Waals surface area contributed by atoms with Crippen LogP contribution in [0.1, 0.15) is 12.5 Å². The summed E-state index contributed by atoms with van der Waals surface area (Å²) in [7, 11) is 0. The van der Waals surface area contributed by atoms with Gasteiger partial charge in [-0.1, -0.05) is 49.4 Å². The molecule has 0 unspecified atom stereocenters. The Balaban J connectivity index is 2.48. The number of rotatable bonds is 3. The molecule has 2 nitrogen and oxygen atoms in total. The molecule has 2 aromatic rings. The molecule has 0 spiro atoms. The van der Waals surface area contributed by atoms with E-state index in [4.69, 9.17) is 0 Å². The number of hydrogen-bond donors (Lipinski definition) is 0. The van der Waals surface area contributed by atoms with E-state index < -0.39 is 0 Å². The average Bonchev–Trinajstić information content (AvgIpc) is 2.40. The van der Waals surface area contributed by atoms with Gasteiger partial charge in [0.1, 0.15) is 0 Å². The number of aryl methyl sites for hydroxylation is 1. The lowest BCUT2D eigenvalue weighted by Crippen LogP contribution is -1.82. The van der Waals surface area contributed by atoms with Crippen LogP contribution in [-0.4, -0.2) is 6.08 Å². The fraction of sp³-hybridized carbons (Fsp3) is 0.133. The second-order valence-corrected chi connectivity index (χ2v) is 3.77. The van der Waals surface area contributed by atoms with Gasteiger partial charge in [0.05, 0.1) is 5.69 Å². The third-order valence-electron chi connectivity index (χ3n) is 2.74. The lowest BCUT2D eigenvalue weighted by molar-refractivity contribution is 0.565. The van der Waals surface area contributed by atoms with Gasteiger partial charge in [0.15, 0.2) is 0 Å². The van der Waals surface area contributed by atoms with Crippen molar-refractivity contribution < 1.29 is 4.79 Å². The van der Waals surface area contributed by atoms with Gasteiger partial charge in [-0.15, -0.1) is 0 Å². The third-order valence-corrected chi connectivity index (χ3v) is 2.74. The molecule has 0 aromatic heterocycles. The minimum Gasteiger partial charge on any atom is -0.211 e. The summed E-state index contributed by atoms with van der Waals surface area (Å²) in [5, 5.41) is 0. The highest BCUT2D eigenvalue weighted by Gasteiger charge is 2.03. The van der Waals surface area contributed by atoms with Crippen LogP contribution in [0.3, 0.4) is 0 Å². The molecule has 0 heterocycles. The Labute approximate surface area is 101 Å². The SMILES string of the molecule is CCc1ccc(-c2ccccc2N=C=O)cc1. The van der Waals surface area contributed by atoms with Crippen molar-refractivity contribution in [3.8, 4) is 11.1 Å². The molecule has 17 heavy (non-hydrogen) atoms. The first-order valence-corrected chi connectivity index (χ1v) is 5.61. The second-order valence-electron chi connectivity index (χ2n) is 3.77. The Kier molecular flexibility index (Phi) is 3.49. The van der Waals surface area contributed by atoms with Gasteiger partial charge in [-0.25, -0.2) is 4.79 Å². The summed E-state index contributed by atoms with van der Waals surface area (Å²) in [5.41, 5.74) is 3.98. The van der Waals surface area contributed by atoms with E-state index in [-0.39, 0.29) is 0 Å². The maximum absolute atomic E-state index is 10.4. The minimum absolute atomic E-state index is 0.659. The lowest BCUT2D eigenvalue weighted by atomic mass is 10.0. The maximum Gasteiger partial charge on any atom is 0.240 e. The van der Waals surface area contributed by atoms with Gasteiger partial charge in [0.2, 0.25) is 6.08 Å². The fourth-order valence-corrected chi connectivity index (χ4v) is 1.78. The van der Waals surface area contributed by atoms with Crippen LogP contribution in [0.15, 0.2) is 53.5 Å². The van der Waals surface area contributed by atoms with Crippen molar-refractivity contribution in [2.45, 2.75) is 13.3 Å². The summed E-state index contributed by atoms with van der Waals surface area (Å²) in [4.78, 5) is 14.1. The predicted molar refractivity (Wildman–Crippen MR) is 69.0 cm³/mol. The summed E-state index contributed by atoms with van der Waals surface area (Å²) in [6.07, 6.45) is 2.61. The van der Waals surface area contributed by atoms with E-state index in [0.717, 1.165) is 17.5 Å². The van der Waals surface area contributed by atoms with Crippen molar-refractivity contribution in [3.63, 3.8) is 0 Å². The summed E-state index contributed by atoms with van der Waals surface area (Å²) in [6.45, 7) is 2.12. The largest absolute Gasteiger partial charge is 0.240 e. The molecule has 0 aliphatic heterocycles. The van der Waals surface area contributed by atoms with E-state index in [1.807, 2.05) is 24.3 Å². The van der Waals surface area contributed by atoms with Gasteiger partial charge in [-0.2, -0.15) is 4.99 Å². The first-order valence-electron chi connectivity index (χ1n) is 5.61. The Morgan fingerprint density at radius 3 is 2.41 bits per heavy atom. The number of hydrogen-bond acceptors (Lipinski definition) is 2. The van der Waals surface area contributed by atoms with Gasteiger partial charge in [-0.3, -0.25) is 0 Å². The smallest absolute Gasteiger partial charge is 0.211 e. The van der Waals surface area contributed by atoms with E-state index >= 15 is 0 Å². The molecule has 84 valence electrons. The molecule has 0 saturated carbocycles. The number of carbonyl (C=O) groups excluding carboxylic acids is 1. The van der Waals surface area contributed by atoms with E-state index in [1.165, 1.54) is 5.56 Å². The zero-order chi connectivity index (χ0) is 12.1. The van der Waals surface area contributed by atoms with Gasteiger partial charge in [0, 0.05) is 5.56 Å². The molecular weight excluding hydrogens is 210 g/mol. The molecule has 0 amide bonds. The Bertz CT molecular complexity index is 551. The summed E-state index contributed by atoms with van der Waals surface area (Å²) >= 11 is 0. The zero-order valence-corrected chi connectivity index (χ0v) is 9.68. The van der Waals surface area contributed by atoms with Crippen LogP contribution in [0.4, 0.5) is 5.69 Å². The van der Waals surface area contributed by atoms with Crippen LogP contribution in [0, 0.1) is 0 Å². The van der Waals surface area contributed by atoms with Gasteiger partial charge in [-0.05, 0) is 23.6 Å². The van der Waals surface area contributed by atoms with Crippen molar-refractivity contribution >= 4 is 11.8 Å². The van der Waals surface area contributed by atoms with Crippen LogP contribution in [-0.2, 0) is 11.2 Å². The third kappa shape index (κ3) is 2.49. The van der Waals surface area contributed by atoms with Crippen LogP contribution < -0.4 is 0 Å². The van der Waals surface area contributed by atoms with Crippen molar-refractivity contribution in [3.05, 3.63) is 54.1 Å². The van der Waals surface area contributed by atoms with Crippen LogP contribution in [0.5, 0.6) is 0 Å². The molecule has 0 aliphatic rings. The molecule has 2 aromatic carbocycles. The summed E-state index contributed by atoms with van der Waals surface area (Å²) in [5.74, 6) is 0. The van der Waals surface area contributed by atoms with Crippen molar-refractivity contribution in [2.75, 3.05) is 0 Å². The summed E-state index contributed by atoms with van der Waals surface area (Å²) < 4.78 is 0. The Morgan fingerprint density at radius 2 is 1.76 bits per heavy atom. The second kappa shape index (κ2) is 5.24. The van der Waals surface area contributed by atoms with Crippen LogP contribution in [0.25, 0.3) is 11.1 Å². The minimum atomic E-state index is 0.659. The molecule has 0 radical (unpaired) electrons. The predicted octanol–water partition coefficient (Wildman–Crippen LogP) is 3.88. The van der Waals surface area contributed by atoms with E-state index in [0.29, 0.717) is 5.69 Å². The molecule has 2 heteroatoms. The topological polar surface area (TPSA) is 29.4 Å². The number of benzene rings is 2. The molecule has 0 N–H and O–H groups in total. The first-order chi connectivity index (χ1) is 8.35. The zero-order valence-electron chi connectivity index (χ0n) is 9.68. The molecule has 0 aliphatic carbocycles. The highest BCUT2D eigenvalue weighted by molar-refractivity contribution is 5.77. The Morgan fingerprint density at radius 1 is 1.06 bits per heavy atom. The highest BCUT2D eigenvalue weighted by atomic mass is 16.1. The molecule has 0 bridgehead atoms. The monoisotopic (exact) mass is 223 g/mol. The lowest BCUT2D eigenvalue weighted by Gasteiger charge is -2.05. The quantitative estimate of drug-likeness (QED) is 0.573. The van der Waals surface area contributed by atoms with E-state index in [9.17, 15) is 4.79 Å². The van der Waals surface area contributed by atoms with Crippen molar-refractivity contribution in [1.82, 2.24) is 0 Å². The van der Waals surface area contributed by atoms with Crippen molar-refractivity contribution in [2.24, 2.45) is 4.99 Å². The van der Waals surface area contributed by atoms with Crippen LogP contribution >= 0.6 is 0 Å². The highest BCUT2D eigenvalue weighted by Crippen LogP contribution is 2.29. The van der Waals surface area contributed by atoms with E-state index in [1.54, 1.807) is 6.08 Å². The van der Waals surface area contributed by atoms with Gasteiger partial charge >= 0.3 is 0 Å². The van der Waals surface area contributed by atoms with Crippen molar-refractivity contribution in [1.29, 1.82) is 0 Å². The fourth-order valence-electron chi connectivity index (χ4n) is 1.78. The number of aliphatic imine (C=N–C) groups is 1.